The van der Waals surface area contributed by atoms with Gasteiger partial charge in [0.15, 0.2) is 0 Å². The molecule has 1 saturated carbocycles. The van der Waals surface area contributed by atoms with Gasteiger partial charge in [-0.15, -0.1) is 0 Å². The van der Waals surface area contributed by atoms with Gasteiger partial charge in [-0.2, -0.15) is 0 Å². The van der Waals surface area contributed by atoms with Gasteiger partial charge in [0, 0.05) is 11.5 Å². The van der Waals surface area contributed by atoms with Crippen LogP contribution in [-0.4, -0.2) is 30.1 Å². The number of rotatable bonds is 7. The van der Waals surface area contributed by atoms with Crippen molar-refractivity contribution in [2.75, 3.05) is 13.7 Å². The first-order chi connectivity index (χ1) is 15.0. The zero-order chi connectivity index (χ0) is 21.8. The molecule has 166 valence electrons. The number of methoxy groups -OCH3 is 1. The minimum Gasteiger partial charge on any atom is -0.497 e. The Hall–Kier alpha value is -2.37. The van der Waals surface area contributed by atoms with Crippen molar-refractivity contribution < 1.29 is 14.7 Å². The number of nitrogens with two attached hydrogens (primary N) is 1. The van der Waals surface area contributed by atoms with Gasteiger partial charge in [0.25, 0.3) is 0 Å². The lowest BCUT2D eigenvalue weighted by molar-refractivity contribution is 0.128. The van der Waals surface area contributed by atoms with E-state index in [1.165, 1.54) is 16.7 Å². The van der Waals surface area contributed by atoms with Crippen LogP contribution >= 0.6 is 0 Å². The van der Waals surface area contributed by atoms with E-state index >= 15 is 0 Å². The molecule has 3 atom stereocenters. The van der Waals surface area contributed by atoms with Gasteiger partial charge in [-0.25, -0.2) is 0 Å². The van der Waals surface area contributed by atoms with Gasteiger partial charge in [0.2, 0.25) is 0 Å². The van der Waals surface area contributed by atoms with Crippen LogP contribution in [0.15, 0.2) is 47.6 Å². The third-order valence-electron chi connectivity index (χ3n) is 7.05. The van der Waals surface area contributed by atoms with Crippen LogP contribution in [-0.2, 0) is 24.3 Å². The summed E-state index contributed by atoms with van der Waals surface area (Å²) in [5, 5.41) is 14.0. The van der Waals surface area contributed by atoms with Gasteiger partial charge >= 0.3 is 0 Å². The summed E-state index contributed by atoms with van der Waals surface area (Å²) in [7, 11) is 1.67. The molecule has 2 aliphatic carbocycles. The quantitative estimate of drug-likeness (QED) is 0.514. The Morgan fingerprint density at radius 1 is 1.19 bits per heavy atom. The van der Waals surface area contributed by atoms with Crippen molar-refractivity contribution in [2.45, 2.75) is 63.5 Å². The molecule has 0 spiro atoms. The number of benzene rings is 2. The van der Waals surface area contributed by atoms with Gasteiger partial charge in [0.1, 0.15) is 12.4 Å². The summed E-state index contributed by atoms with van der Waals surface area (Å²) in [6.07, 6.45) is 6.01. The topological polar surface area (TPSA) is 77.1 Å². The van der Waals surface area contributed by atoms with E-state index in [-0.39, 0.29) is 6.61 Å². The monoisotopic (exact) mass is 422 g/mol. The SMILES string of the molecule is COc1cccc(CO/N=C(\C)C2CCc3cc([C@H]4CC[C@](N)(CO)C4)ccc3C2)c1. The molecule has 5 nitrogen and oxygen atoms in total. The van der Waals surface area contributed by atoms with Crippen LogP contribution < -0.4 is 10.5 Å². The van der Waals surface area contributed by atoms with Gasteiger partial charge in [-0.3, -0.25) is 0 Å². The van der Waals surface area contributed by atoms with E-state index in [0.29, 0.717) is 18.4 Å². The molecular weight excluding hydrogens is 388 g/mol. The lowest BCUT2D eigenvalue weighted by Crippen LogP contribution is -2.40. The number of hydrogen-bond acceptors (Lipinski definition) is 5. The molecule has 0 aliphatic heterocycles. The molecular formula is C26H34N2O3. The number of aryl methyl sites for hydroxylation is 1. The Balaban J connectivity index is 1.35. The standard InChI is InChI=1S/C26H34N2O3/c1-18(28-31-16-19-4-3-5-25(12-19)30-2)20-6-7-22-14-23(9-8-21(22)13-20)24-10-11-26(27,15-24)17-29/h3-5,8-9,12,14,20,24,29H,6-7,10-11,13,15-17,27H2,1-2H3/b28-18+/t20?,24-,26+/m0/s1. The third kappa shape index (κ3) is 5.10. The normalized spacial score (nSPS) is 25.9. The van der Waals surface area contributed by atoms with Crippen molar-refractivity contribution in [3.05, 3.63) is 64.7 Å². The molecule has 0 bridgehead atoms. The Morgan fingerprint density at radius 3 is 2.84 bits per heavy atom. The second kappa shape index (κ2) is 9.41. The maximum Gasteiger partial charge on any atom is 0.142 e. The number of hydrogen-bond donors (Lipinski definition) is 2. The first-order valence-electron chi connectivity index (χ1n) is 11.3. The van der Waals surface area contributed by atoms with Gasteiger partial charge in [-0.05, 0) is 85.8 Å². The minimum absolute atomic E-state index is 0.0780. The van der Waals surface area contributed by atoms with Crippen LogP contribution in [0.1, 0.15) is 60.8 Å². The summed E-state index contributed by atoms with van der Waals surface area (Å²) >= 11 is 0. The van der Waals surface area contributed by atoms with E-state index in [2.05, 4.69) is 30.3 Å². The maximum atomic E-state index is 9.56. The minimum atomic E-state index is -0.399. The highest BCUT2D eigenvalue weighted by atomic mass is 16.6. The predicted molar refractivity (Wildman–Crippen MR) is 123 cm³/mol. The van der Waals surface area contributed by atoms with Crippen LogP contribution in [0, 0.1) is 5.92 Å². The number of aliphatic hydroxyl groups excluding tert-OH is 1. The van der Waals surface area contributed by atoms with Crippen molar-refractivity contribution in [1.29, 1.82) is 0 Å². The highest BCUT2D eigenvalue weighted by Gasteiger charge is 2.36. The lowest BCUT2D eigenvalue weighted by Gasteiger charge is -2.26. The Labute approximate surface area is 185 Å². The Kier molecular flexibility index (Phi) is 6.63. The van der Waals surface area contributed by atoms with Crippen LogP contribution in [0.25, 0.3) is 0 Å². The second-order valence-electron chi connectivity index (χ2n) is 9.29. The molecule has 0 radical (unpaired) electrons. The Morgan fingerprint density at radius 2 is 2.06 bits per heavy atom. The zero-order valence-corrected chi connectivity index (χ0v) is 18.6. The molecule has 2 aromatic carbocycles. The fourth-order valence-electron chi connectivity index (χ4n) is 5.02. The molecule has 3 N–H and O–H groups in total. The summed E-state index contributed by atoms with van der Waals surface area (Å²) in [6.45, 7) is 2.59. The molecule has 5 heteroatoms. The third-order valence-corrected chi connectivity index (χ3v) is 7.05. The van der Waals surface area contributed by atoms with Gasteiger partial charge < -0.3 is 20.4 Å². The van der Waals surface area contributed by atoms with E-state index in [1.54, 1.807) is 7.11 Å². The zero-order valence-electron chi connectivity index (χ0n) is 18.6. The van der Waals surface area contributed by atoms with E-state index < -0.39 is 5.54 Å². The van der Waals surface area contributed by atoms with Crippen molar-refractivity contribution in [2.24, 2.45) is 16.8 Å². The number of ether oxygens (including phenoxy) is 1. The fourth-order valence-corrected chi connectivity index (χ4v) is 5.02. The molecule has 0 amide bonds. The number of aliphatic hydroxyl groups is 1. The Bertz CT molecular complexity index is 942. The maximum absolute atomic E-state index is 9.56. The molecule has 1 fully saturated rings. The van der Waals surface area contributed by atoms with Crippen molar-refractivity contribution in [1.82, 2.24) is 0 Å². The highest BCUT2D eigenvalue weighted by molar-refractivity contribution is 5.84. The molecule has 2 aliphatic rings. The molecule has 1 unspecified atom stereocenters. The molecule has 0 aromatic heterocycles. The number of oxime groups is 1. The number of nitrogens with zero attached hydrogens (tertiary/aromatic N) is 1. The second-order valence-corrected chi connectivity index (χ2v) is 9.29. The van der Waals surface area contributed by atoms with Crippen LogP contribution in [0.2, 0.25) is 0 Å². The summed E-state index contributed by atoms with van der Waals surface area (Å²) in [4.78, 5) is 5.64. The molecule has 4 rings (SSSR count). The average molecular weight is 423 g/mol. The molecule has 2 aromatic rings. The average Bonchev–Trinajstić information content (AvgIpc) is 3.21. The van der Waals surface area contributed by atoms with Crippen LogP contribution in [0.3, 0.4) is 0 Å². The van der Waals surface area contributed by atoms with Crippen LogP contribution in [0.5, 0.6) is 5.75 Å². The summed E-state index contributed by atoms with van der Waals surface area (Å²) in [5.74, 6) is 1.71. The number of fused-ring (bicyclic) bond motifs is 1. The molecule has 0 saturated heterocycles. The van der Waals surface area contributed by atoms with Crippen LogP contribution in [0.4, 0.5) is 0 Å². The van der Waals surface area contributed by atoms with Crippen molar-refractivity contribution in [3.63, 3.8) is 0 Å². The summed E-state index contributed by atoms with van der Waals surface area (Å²) in [6, 6.07) is 14.8. The smallest absolute Gasteiger partial charge is 0.142 e. The summed E-state index contributed by atoms with van der Waals surface area (Å²) in [5.41, 5.74) is 12.2. The van der Waals surface area contributed by atoms with Gasteiger partial charge in [-0.1, -0.05) is 35.5 Å². The fraction of sp³-hybridized carbons (Fsp3) is 0.500. The largest absolute Gasteiger partial charge is 0.497 e. The van der Waals surface area contributed by atoms with E-state index in [0.717, 1.165) is 55.5 Å². The predicted octanol–water partition coefficient (Wildman–Crippen LogP) is 4.35. The first-order valence-corrected chi connectivity index (χ1v) is 11.3. The van der Waals surface area contributed by atoms with E-state index in [4.69, 9.17) is 15.3 Å². The van der Waals surface area contributed by atoms with E-state index in [9.17, 15) is 5.11 Å². The first kappa shape index (κ1) is 21.8. The summed E-state index contributed by atoms with van der Waals surface area (Å²) < 4.78 is 5.26. The van der Waals surface area contributed by atoms with Gasteiger partial charge in [0.05, 0.1) is 19.4 Å². The molecule has 31 heavy (non-hydrogen) atoms. The lowest BCUT2D eigenvalue weighted by atomic mass is 9.80. The van der Waals surface area contributed by atoms with E-state index in [1.807, 2.05) is 24.3 Å². The van der Waals surface area contributed by atoms with Crippen molar-refractivity contribution in [3.8, 4) is 5.75 Å². The highest BCUT2D eigenvalue weighted by Crippen LogP contribution is 2.40. The van der Waals surface area contributed by atoms with Crippen molar-refractivity contribution >= 4 is 5.71 Å². The molecule has 0 heterocycles.